The van der Waals surface area contributed by atoms with Gasteiger partial charge < -0.3 is 13.8 Å². The molecule has 0 aliphatic rings. The van der Waals surface area contributed by atoms with E-state index in [1.807, 2.05) is 20.8 Å². The maximum absolute atomic E-state index is 10.8. The lowest BCUT2D eigenvalue weighted by atomic mass is 10.1. The second kappa shape index (κ2) is 8.46. The minimum atomic E-state index is -0.880. The van der Waals surface area contributed by atoms with Crippen LogP contribution in [0.4, 0.5) is 0 Å². The lowest BCUT2D eigenvalue weighted by Gasteiger charge is -2.21. The first-order valence-corrected chi connectivity index (χ1v) is 7.04. The van der Waals surface area contributed by atoms with Crippen molar-refractivity contribution in [3.8, 4) is 0 Å². The second-order valence-corrected chi connectivity index (χ2v) is 5.53. The summed E-state index contributed by atoms with van der Waals surface area (Å²) in [5, 5.41) is 0. The van der Waals surface area contributed by atoms with Crippen molar-refractivity contribution >= 4 is 26.3 Å². The van der Waals surface area contributed by atoms with Crippen molar-refractivity contribution in [1.82, 2.24) is 0 Å². The van der Waals surface area contributed by atoms with Crippen LogP contribution in [0.25, 0.3) is 0 Å². The molecule has 90 valence electrons. The third-order valence-electron chi connectivity index (χ3n) is 2.06. The summed E-state index contributed by atoms with van der Waals surface area (Å²) >= 11 is 6.08. The van der Waals surface area contributed by atoms with Gasteiger partial charge in [0.05, 0.1) is 18.1 Å². The molecule has 0 aliphatic carbocycles. The lowest BCUT2D eigenvalue weighted by Crippen LogP contribution is -2.23. The molecule has 0 rings (SSSR count). The third-order valence-corrected chi connectivity index (χ3v) is 4.28. The van der Waals surface area contributed by atoms with Crippen LogP contribution in [0.1, 0.15) is 33.6 Å². The molecule has 0 saturated carbocycles. The number of aldehydes is 1. The Balaban J connectivity index is 4.00. The molecule has 0 aliphatic heterocycles. The van der Waals surface area contributed by atoms with E-state index in [-0.39, 0.29) is 0 Å². The fraction of sp³-hybridized carbons (Fsp3) is 0.900. The number of hydrogen-bond acceptors (Lipinski definition) is 3. The summed E-state index contributed by atoms with van der Waals surface area (Å²) < 4.78 is 10.9. The van der Waals surface area contributed by atoms with Crippen molar-refractivity contribution in [3.05, 3.63) is 0 Å². The average Bonchev–Trinajstić information content (AvgIpc) is 2.26. The minimum absolute atomic E-state index is 0.611. The highest BCUT2D eigenvalue weighted by Gasteiger charge is 2.26. The van der Waals surface area contributed by atoms with Gasteiger partial charge in [0.15, 0.2) is 8.38 Å². The summed E-state index contributed by atoms with van der Waals surface area (Å²) in [6.45, 7) is 7.04. The van der Waals surface area contributed by atoms with Gasteiger partial charge in [0.25, 0.3) is 0 Å². The molecule has 0 heterocycles. The van der Waals surface area contributed by atoms with E-state index >= 15 is 0 Å². The van der Waals surface area contributed by atoms with Gasteiger partial charge in [0, 0.05) is 6.16 Å². The molecule has 1 unspecified atom stereocenters. The van der Waals surface area contributed by atoms with Gasteiger partial charge in [-0.25, -0.2) is 0 Å². The Kier molecular flexibility index (Phi) is 8.64. The molecule has 0 bridgehead atoms. The molecule has 1 atom stereocenters. The largest absolute Gasteiger partial charge is 0.334 e. The van der Waals surface area contributed by atoms with Crippen LogP contribution in [-0.4, -0.2) is 30.5 Å². The van der Waals surface area contributed by atoms with Gasteiger partial charge in [0.2, 0.25) is 0 Å². The van der Waals surface area contributed by atoms with Crippen LogP contribution in [-0.2, 0) is 13.8 Å². The van der Waals surface area contributed by atoms with Gasteiger partial charge >= 0.3 is 0 Å². The van der Waals surface area contributed by atoms with Crippen molar-refractivity contribution < 1.29 is 13.8 Å². The van der Waals surface area contributed by atoms with E-state index in [1.165, 1.54) is 0 Å². The Labute approximate surface area is 98.4 Å². The standard InChI is InChI=1S/C10H20ClO3P/c1-4-10(11,9-12)7-8-15(13-5-2)14-6-3/h9H,4-8H2,1-3H3. The SMILES string of the molecule is CCOP(CCC(Cl)(C=O)CC)OCC. The van der Waals surface area contributed by atoms with Crippen LogP contribution in [0.2, 0.25) is 0 Å². The average molecular weight is 255 g/mol. The zero-order valence-corrected chi connectivity index (χ0v) is 11.3. The monoisotopic (exact) mass is 254 g/mol. The van der Waals surface area contributed by atoms with Crippen LogP contribution in [0.5, 0.6) is 0 Å². The molecule has 15 heavy (non-hydrogen) atoms. The fourth-order valence-electron chi connectivity index (χ4n) is 1.05. The first-order valence-electron chi connectivity index (χ1n) is 5.30. The Morgan fingerprint density at radius 3 is 2.13 bits per heavy atom. The van der Waals surface area contributed by atoms with Gasteiger partial charge in [-0.3, -0.25) is 0 Å². The summed E-state index contributed by atoms with van der Waals surface area (Å²) in [7, 11) is -0.880. The van der Waals surface area contributed by atoms with Crippen LogP contribution in [0.15, 0.2) is 0 Å². The van der Waals surface area contributed by atoms with Crippen molar-refractivity contribution in [3.63, 3.8) is 0 Å². The van der Waals surface area contributed by atoms with Crippen LogP contribution >= 0.6 is 20.0 Å². The maximum Gasteiger partial charge on any atom is 0.170 e. The summed E-state index contributed by atoms with van der Waals surface area (Å²) in [5.41, 5.74) is 0. The van der Waals surface area contributed by atoms with Gasteiger partial charge in [-0.1, -0.05) is 6.92 Å². The molecule has 0 aromatic rings. The van der Waals surface area contributed by atoms with Crippen molar-refractivity contribution in [2.45, 2.75) is 38.5 Å². The highest BCUT2D eigenvalue weighted by atomic mass is 35.5. The van der Waals surface area contributed by atoms with Gasteiger partial charge in [0.1, 0.15) is 6.29 Å². The van der Waals surface area contributed by atoms with Crippen molar-refractivity contribution in [1.29, 1.82) is 0 Å². The van der Waals surface area contributed by atoms with Crippen molar-refractivity contribution in [2.24, 2.45) is 0 Å². The van der Waals surface area contributed by atoms with Gasteiger partial charge in [-0.2, -0.15) is 0 Å². The molecule has 0 aromatic carbocycles. The molecule has 3 nitrogen and oxygen atoms in total. The zero-order chi connectivity index (χ0) is 11.7. The smallest absolute Gasteiger partial charge is 0.170 e. The summed E-state index contributed by atoms with van der Waals surface area (Å²) in [5.74, 6) is 0. The van der Waals surface area contributed by atoms with E-state index in [4.69, 9.17) is 20.6 Å². The van der Waals surface area contributed by atoms with E-state index in [0.29, 0.717) is 32.2 Å². The van der Waals surface area contributed by atoms with E-state index in [1.54, 1.807) is 0 Å². The zero-order valence-electron chi connectivity index (χ0n) is 9.66. The number of alkyl halides is 1. The molecule has 0 amide bonds. The topological polar surface area (TPSA) is 35.5 Å². The lowest BCUT2D eigenvalue weighted by molar-refractivity contribution is -0.110. The molecular weight excluding hydrogens is 235 g/mol. The third kappa shape index (κ3) is 6.47. The number of carbonyl (C=O) groups is 1. The highest BCUT2D eigenvalue weighted by molar-refractivity contribution is 7.47. The van der Waals surface area contributed by atoms with Gasteiger partial charge in [-0.15, -0.1) is 11.6 Å². The Morgan fingerprint density at radius 1 is 1.27 bits per heavy atom. The number of carbonyl (C=O) groups excluding carboxylic acids is 1. The van der Waals surface area contributed by atoms with Crippen LogP contribution in [0, 0.1) is 0 Å². The summed E-state index contributed by atoms with van der Waals surface area (Å²) in [6, 6.07) is 0. The van der Waals surface area contributed by atoms with Gasteiger partial charge in [-0.05, 0) is 26.7 Å². The fourth-order valence-corrected chi connectivity index (χ4v) is 2.77. The first-order chi connectivity index (χ1) is 7.11. The quantitative estimate of drug-likeness (QED) is 0.360. The van der Waals surface area contributed by atoms with E-state index < -0.39 is 13.2 Å². The molecule has 0 spiro atoms. The molecule has 0 radical (unpaired) electrons. The van der Waals surface area contributed by atoms with Crippen LogP contribution in [0.3, 0.4) is 0 Å². The van der Waals surface area contributed by atoms with E-state index in [0.717, 1.165) is 6.29 Å². The van der Waals surface area contributed by atoms with E-state index in [9.17, 15) is 4.79 Å². The minimum Gasteiger partial charge on any atom is -0.334 e. The Morgan fingerprint density at radius 2 is 1.80 bits per heavy atom. The first kappa shape index (κ1) is 15.3. The normalized spacial score (nSPS) is 15.3. The number of rotatable bonds is 9. The number of halogens is 1. The molecule has 0 fully saturated rings. The molecular formula is C10H20ClO3P. The predicted molar refractivity (Wildman–Crippen MR) is 64.6 cm³/mol. The predicted octanol–water partition coefficient (Wildman–Crippen LogP) is 3.35. The maximum atomic E-state index is 10.8. The summed E-state index contributed by atoms with van der Waals surface area (Å²) in [6.07, 6.45) is 2.78. The molecule has 0 saturated heterocycles. The van der Waals surface area contributed by atoms with Crippen molar-refractivity contribution in [2.75, 3.05) is 19.4 Å². The Bertz CT molecular complexity index is 174. The summed E-state index contributed by atoms with van der Waals surface area (Å²) in [4.78, 5) is 10.0. The van der Waals surface area contributed by atoms with Crippen LogP contribution < -0.4 is 0 Å². The second-order valence-electron chi connectivity index (χ2n) is 3.15. The number of hydrogen-bond donors (Lipinski definition) is 0. The highest BCUT2D eigenvalue weighted by Crippen LogP contribution is 2.41. The Hall–Kier alpha value is 0.310. The molecule has 0 N–H and O–H groups in total. The molecule has 0 aromatic heterocycles. The molecule has 5 heteroatoms. The van der Waals surface area contributed by atoms with E-state index in [2.05, 4.69) is 0 Å².